The van der Waals surface area contributed by atoms with E-state index >= 15 is 0 Å². The monoisotopic (exact) mass is 1480 g/mol. The van der Waals surface area contributed by atoms with E-state index in [0.29, 0.717) is 11.3 Å². The van der Waals surface area contributed by atoms with Crippen LogP contribution in [0.3, 0.4) is 0 Å². The normalized spacial score (nSPS) is 12.0. The Morgan fingerprint density at radius 3 is 0.983 bits per heavy atom. The van der Waals surface area contributed by atoms with E-state index in [1.807, 2.05) is 24.3 Å². The molecule has 0 aliphatic carbocycles. The lowest BCUT2D eigenvalue weighted by Crippen LogP contribution is -2.61. The van der Waals surface area contributed by atoms with Gasteiger partial charge in [0.2, 0.25) is 0 Å². The van der Waals surface area contributed by atoms with Gasteiger partial charge in [-0.2, -0.15) is 5.26 Å². The second kappa shape index (κ2) is 28.1. The topological polar surface area (TPSA) is 44.5 Å². The number of aromatic nitrogens is 2. The highest BCUT2D eigenvalue weighted by Crippen LogP contribution is 2.57. The van der Waals surface area contributed by atoms with Crippen LogP contribution < -0.4 is 26.2 Å². The maximum absolute atomic E-state index is 11.7. The molecule has 0 spiro atoms. The molecular formula is C110H69BN6. The third-order valence-corrected chi connectivity index (χ3v) is 23.9. The summed E-state index contributed by atoms with van der Waals surface area (Å²) in [6.07, 6.45) is 0. The lowest BCUT2D eigenvalue weighted by molar-refractivity contribution is 1.17. The number of nitrogens with zero attached hydrogens (tertiary/aromatic N) is 6. The summed E-state index contributed by atoms with van der Waals surface area (Å²) in [5.74, 6) is 0. The summed E-state index contributed by atoms with van der Waals surface area (Å²) in [7, 11) is 0. The van der Waals surface area contributed by atoms with Gasteiger partial charge in [-0.1, -0.05) is 315 Å². The summed E-state index contributed by atoms with van der Waals surface area (Å²) in [5, 5.41) is 16.4. The molecule has 0 saturated carbocycles. The molecule has 0 amide bonds. The van der Waals surface area contributed by atoms with E-state index in [4.69, 9.17) is 0 Å². The van der Waals surface area contributed by atoms with Crippen LogP contribution in [0, 0.1) is 17.9 Å². The SMILES string of the molecule is [C-]#[N+]c1ccccc1-c1cc(-c2ccccc2)cc(-c2cccc(-c3ccccc3)c2)c1N1c2cc(-n3c4ccccc4c4ccccc43)ccc2B2c3ccc(-n4c5ccccc5c5ccccc54)cc3N(c3c(-c4cccc(-c5ccccc5)c4)cc(-c4ccccc4)cc3-c3ccccc3C#N)c3cc(-c4ccccc4)cc1c32. The molecule has 6 nitrogen and oxygen atoms in total. The van der Waals surface area contributed by atoms with Crippen LogP contribution in [0.25, 0.3) is 160 Å². The first-order chi connectivity index (χ1) is 58.0. The molecule has 18 aromatic carbocycles. The second-order valence-corrected chi connectivity index (χ2v) is 30.4. The molecule has 0 unspecified atom stereocenters. The number of anilines is 6. The van der Waals surface area contributed by atoms with Gasteiger partial charge in [0.25, 0.3) is 6.71 Å². The van der Waals surface area contributed by atoms with Crippen molar-refractivity contribution in [2.75, 3.05) is 9.80 Å². The van der Waals surface area contributed by atoms with Gasteiger partial charge in [0, 0.05) is 77.9 Å². The fourth-order valence-corrected chi connectivity index (χ4v) is 18.7. The number of para-hydroxylation sites is 5. The van der Waals surface area contributed by atoms with Crippen LogP contribution in [0.15, 0.2) is 419 Å². The van der Waals surface area contributed by atoms with Gasteiger partial charge in [0.15, 0.2) is 5.69 Å². The van der Waals surface area contributed by atoms with E-state index in [2.05, 4.69) is 424 Å². The first kappa shape index (κ1) is 68.0. The molecule has 0 bridgehead atoms. The van der Waals surface area contributed by atoms with E-state index in [9.17, 15) is 11.8 Å². The number of fused-ring (bicyclic) bond motifs is 10. The molecule has 0 fully saturated rings. The first-order valence-electron chi connectivity index (χ1n) is 39.8. The molecule has 2 aliphatic rings. The minimum Gasteiger partial charge on any atom is -0.310 e. The molecule has 2 aromatic heterocycles. The molecule has 2 aliphatic heterocycles. The predicted molar refractivity (Wildman–Crippen MR) is 489 cm³/mol. The van der Waals surface area contributed by atoms with Gasteiger partial charge in [-0.15, -0.1) is 0 Å². The number of hydrogen-bond donors (Lipinski definition) is 0. The minimum atomic E-state index is -0.424. The summed E-state index contributed by atoms with van der Waals surface area (Å²) in [6, 6.07) is 155. The second-order valence-electron chi connectivity index (χ2n) is 30.4. The first-order valence-corrected chi connectivity index (χ1v) is 39.8. The predicted octanol–water partition coefficient (Wildman–Crippen LogP) is 27.4. The van der Waals surface area contributed by atoms with Crippen molar-refractivity contribution >= 4 is 107 Å². The maximum atomic E-state index is 11.7. The van der Waals surface area contributed by atoms with Crippen molar-refractivity contribution in [1.29, 1.82) is 5.26 Å². The summed E-state index contributed by atoms with van der Waals surface area (Å²) in [6.45, 7) is 8.77. The zero-order valence-electron chi connectivity index (χ0n) is 63.6. The fourth-order valence-electron chi connectivity index (χ4n) is 18.7. The van der Waals surface area contributed by atoms with Crippen molar-refractivity contribution in [3.8, 4) is 118 Å². The summed E-state index contributed by atoms with van der Waals surface area (Å²) >= 11 is 0. The molecule has 0 saturated heterocycles. The zero-order valence-corrected chi connectivity index (χ0v) is 63.6. The Bertz CT molecular complexity index is 6950. The molecule has 22 rings (SSSR count). The third kappa shape index (κ3) is 11.3. The molecule has 0 atom stereocenters. The van der Waals surface area contributed by atoms with Gasteiger partial charge in [0.1, 0.15) is 0 Å². The molecule has 542 valence electrons. The summed E-state index contributed by atoms with van der Waals surface area (Å²) in [5.41, 5.74) is 34.3. The molecule has 20 aromatic rings. The van der Waals surface area contributed by atoms with E-state index in [1.165, 1.54) is 21.5 Å². The highest BCUT2D eigenvalue weighted by atomic mass is 15.2. The highest BCUT2D eigenvalue weighted by molar-refractivity contribution is 7.00. The van der Waals surface area contributed by atoms with Crippen molar-refractivity contribution in [3.05, 3.63) is 436 Å². The fraction of sp³-hybridized carbons (Fsp3) is 0. The van der Waals surface area contributed by atoms with E-state index in [-0.39, 0.29) is 0 Å². The Labute approximate surface area is 679 Å². The van der Waals surface area contributed by atoms with Crippen LogP contribution in [-0.2, 0) is 0 Å². The molecule has 4 heterocycles. The highest BCUT2D eigenvalue weighted by Gasteiger charge is 2.46. The average molecular weight is 1490 g/mol. The van der Waals surface area contributed by atoms with E-state index < -0.39 is 6.71 Å². The van der Waals surface area contributed by atoms with Crippen molar-refractivity contribution in [2.45, 2.75) is 0 Å². The van der Waals surface area contributed by atoms with Crippen molar-refractivity contribution in [2.24, 2.45) is 0 Å². The lowest BCUT2D eigenvalue weighted by Gasteiger charge is -2.46. The van der Waals surface area contributed by atoms with Gasteiger partial charge in [-0.3, -0.25) is 0 Å². The van der Waals surface area contributed by atoms with Gasteiger partial charge >= 0.3 is 0 Å². The van der Waals surface area contributed by atoms with Crippen molar-refractivity contribution in [1.82, 2.24) is 9.13 Å². The largest absolute Gasteiger partial charge is 0.310 e. The Morgan fingerprint density at radius 2 is 0.573 bits per heavy atom. The standard InChI is InChI=1S/C110H69BN6/c1-113-99-52-24-19-47-88(99)96-66-83(75-37-13-5-14-38-75)64-94(80-45-30-43-78(62-80)73-33-9-3-10-34-73)110(96)117-105-70-86(115-102-55-27-22-50-91(102)92-51-23-28-56-103(92)115)58-60-98(105)111-97-59-57-85(114-100-53-25-20-48-89(100)90-49-21-26-54-101(90)114)69-104(97)116(106-67-84(68-107(117)108(106)111)76-39-15-6-16-40-76)109-93(79-44-29-42-77(61-79)72-31-7-2-8-32-72)63-82(74-35-11-4-12-36-74)65-95(109)87-46-18-17-41-81(87)71-112/h2-70H. The number of hydrogen-bond acceptors (Lipinski definition) is 3. The minimum absolute atomic E-state index is 0.424. The summed E-state index contributed by atoms with van der Waals surface area (Å²) < 4.78 is 4.90. The van der Waals surface area contributed by atoms with Gasteiger partial charge in [-0.25, -0.2) is 4.85 Å². The molecule has 0 radical (unpaired) electrons. The smallest absolute Gasteiger partial charge is 0.252 e. The Balaban J connectivity index is 0.943. The van der Waals surface area contributed by atoms with Crippen LogP contribution in [-0.4, -0.2) is 15.8 Å². The average Bonchev–Trinajstić information content (AvgIpc) is 1.25. The Hall–Kier alpha value is -15.8. The third-order valence-electron chi connectivity index (χ3n) is 23.9. The van der Waals surface area contributed by atoms with Gasteiger partial charge < -0.3 is 18.9 Å². The van der Waals surface area contributed by atoms with E-state index in [0.717, 1.165) is 184 Å². The summed E-state index contributed by atoms with van der Waals surface area (Å²) in [4.78, 5) is 9.65. The van der Waals surface area contributed by atoms with Crippen LogP contribution >= 0.6 is 0 Å². The van der Waals surface area contributed by atoms with Crippen LogP contribution in [0.2, 0.25) is 0 Å². The van der Waals surface area contributed by atoms with Crippen LogP contribution in [0.4, 0.5) is 39.8 Å². The van der Waals surface area contributed by atoms with E-state index in [1.54, 1.807) is 0 Å². The number of benzene rings is 18. The molecule has 117 heavy (non-hydrogen) atoms. The van der Waals surface area contributed by atoms with Gasteiger partial charge in [0.05, 0.1) is 51.6 Å². The van der Waals surface area contributed by atoms with Crippen molar-refractivity contribution < 1.29 is 0 Å². The molecule has 0 N–H and O–H groups in total. The zero-order chi connectivity index (χ0) is 77.6. The molecular weight excluding hydrogens is 1420 g/mol. The Kier molecular flexibility index (Phi) is 16.4. The molecule has 7 heteroatoms. The van der Waals surface area contributed by atoms with Crippen molar-refractivity contribution in [3.63, 3.8) is 0 Å². The quantitative estimate of drug-likeness (QED) is 0.0854. The Morgan fingerprint density at radius 1 is 0.248 bits per heavy atom. The number of nitriles is 1. The van der Waals surface area contributed by atoms with Crippen LogP contribution in [0.1, 0.15) is 5.56 Å². The lowest BCUT2D eigenvalue weighted by atomic mass is 9.33. The number of rotatable bonds is 13. The van der Waals surface area contributed by atoms with Gasteiger partial charge in [-0.05, 0) is 197 Å². The maximum Gasteiger partial charge on any atom is 0.252 e. The van der Waals surface area contributed by atoms with Crippen LogP contribution in [0.5, 0.6) is 0 Å².